The first-order chi connectivity index (χ1) is 8.65. The van der Waals surface area contributed by atoms with Gasteiger partial charge >= 0.3 is 0 Å². The Hall–Kier alpha value is -0.860. The summed E-state index contributed by atoms with van der Waals surface area (Å²) in [4.78, 5) is 2.46. The van der Waals surface area contributed by atoms with Crippen LogP contribution in [0.3, 0.4) is 0 Å². The fraction of sp³-hybridized carbons (Fsp3) is 0.625. The second kappa shape index (κ2) is 6.35. The number of aliphatic hydroxyl groups is 1. The minimum absolute atomic E-state index is 0.120. The number of nitrogens with zero attached hydrogens (tertiary/aromatic N) is 1. The highest BCUT2D eigenvalue weighted by molar-refractivity contribution is 5.14. The van der Waals surface area contributed by atoms with Crippen LogP contribution in [0, 0.1) is 11.8 Å². The van der Waals surface area contributed by atoms with Crippen molar-refractivity contribution >= 4 is 0 Å². The van der Waals surface area contributed by atoms with Crippen molar-refractivity contribution in [2.45, 2.75) is 39.3 Å². The average Bonchev–Trinajstić information content (AvgIpc) is 2.78. The minimum Gasteiger partial charge on any atom is -0.393 e. The first kappa shape index (κ1) is 13.6. The van der Waals surface area contributed by atoms with Crippen LogP contribution in [0.15, 0.2) is 30.3 Å². The van der Waals surface area contributed by atoms with Crippen molar-refractivity contribution in [2.75, 3.05) is 13.1 Å². The highest BCUT2D eigenvalue weighted by atomic mass is 16.3. The Balaban J connectivity index is 1.81. The lowest BCUT2D eigenvalue weighted by Gasteiger charge is -2.21. The van der Waals surface area contributed by atoms with E-state index in [0.29, 0.717) is 11.8 Å². The van der Waals surface area contributed by atoms with Gasteiger partial charge in [-0.1, -0.05) is 44.2 Å². The van der Waals surface area contributed by atoms with Gasteiger partial charge in [0.25, 0.3) is 0 Å². The topological polar surface area (TPSA) is 23.5 Å². The lowest BCUT2D eigenvalue weighted by Crippen LogP contribution is -2.26. The molecule has 1 aromatic rings. The summed E-state index contributed by atoms with van der Waals surface area (Å²) in [6.45, 7) is 7.54. The van der Waals surface area contributed by atoms with Crippen molar-refractivity contribution in [1.29, 1.82) is 0 Å². The summed E-state index contributed by atoms with van der Waals surface area (Å²) in [7, 11) is 0. The van der Waals surface area contributed by atoms with Gasteiger partial charge in [-0.05, 0) is 36.8 Å². The first-order valence-corrected chi connectivity index (χ1v) is 7.09. The minimum atomic E-state index is -0.120. The fourth-order valence-corrected chi connectivity index (χ4v) is 2.84. The molecule has 1 aliphatic heterocycles. The van der Waals surface area contributed by atoms with Crippen molar-refractivity contribution in [2.24, 2.45) is 11.8 Å². The third-order valence-electron chi connectivity index (χ3n) is 3.81. The molecule has 1 heterocycles. The Kier molecular flexibility index (Phi) is 4.79. The van der Waals surface area contributed by atoms with Crippen LogP contribution in [0.1, 0.15) is 32.3 Å². The van der Waals surface area contributed by atoms with Gasteiger partial charge < -0.3 is 5.11 Å². The molecule has 2 heteroatoms. The molecule has 18 heavy (non-hydrogen) atoms. The normalized spacial score (nSPS) is 22.6. The second-order valence-electron chi connectivity index (χ2n) is 5.97. The molecule has 1 fully saturated rings. The molecule has 1 N–H and O–H groups in total. The Morgan fingerprint density at radius 3 is 2.67 bits per heavy atom. The van der Waals surface area contributed by atoms with Gasteiger partial charge in [0, 0.05) is 13.1 Å². The van der Waals surface area contributed by atoms with E-state index in [9.17, 15) is 5.11 Å². The van der Waals surface area contributed by atoms with E-state index in [0.717, 1.165) is 32.5 Å². The maximum atomic E-state index is 10.2. The van der Waals surface area contributed by atoms with E-state index in [1.54, 1.807) is 0 Å². The maximum Gasteiger partial charge on any atom is 0.0583 e. The summed E-state index contributed by atoms with van der Waals surface area (Å²) in [5.74, 6) is 1.05. The van der Waals surface area contributed by atoms with Crippen LogP contribution in [0.2, 0.25) is 0 Å². The standard InChI is InChI=1S/C16H25NO/c1-13(2)10-16(18)15-8-9-17(12-15)11-14-6-4-3-5-7-14/h3-7,13,15-16,18H,8-12H2,1-2H3. The van der Waals surface area contributed by atoms with E-state index < -0.39 is 0 Å². The smallest absolute Gasteiger partial charge is 0.0583 e. The zero-order chi connectivity index (χ0) is 13.0. The molecule has 1 aromatic carbocycles. The Morgan fingerprint density at radius 2 is 2.00 bits per heavy atom. The molecule has 0 saturated carbocycles. The predicted molar refractivity (Wildman–Crippen MR) is 75.3 cm³/mol. The van der Waals surface area contributed by atoms with E-state index in [-0.39, 0.29) is 6.10 Å². The Bertz CT molecular complexity index is 349. The van der Waals surface area contributed by atoms with Crippen LogP contribution in [0.25, 0.3) is 0 Å². The summed E-state index contributed by atoms with van der Waals surface area (Å²) in [6, 6.07) is 10.6. The van der Waals surface area contributed by atoms with Crippen molar-refractivity contribution in [3.63, 3.8) is 0 Å². The molecular weight excluding hydrogens is 222 g/mol. The third kappa shape index (κ3) is 3.82. The molecule has 1 aliphatic rings. The Morgan fingerprint density at radius 1 is 1.28 bits per heavy atom. The largest absolute Gasteiger partial charge is 0.393 e. The molecule has 0 radical (unpaired) electrons. The molecule has 2 unspecified atom stereocenters. The summed E-state index contributed by atoms with van der Waals surface area (Å²) in [5, 5.41) is 10.2. The zero-order valence-electron chi connectivity index (χ0n) is 11.5. The highest BCUT2D eigenvalue weighted by Crippen LogP contribution is 2.24. The molecular formula is C16H25NO. The number of rotatable bonds is 5. The van der Waals surface area contributed by atoms with Gasteiger partial charge in [0.05, 0.1) is 6.10 Å². The summed E-state index contributed by atoms with van der Waals surface area (Å²) < 4.78 is 0. The van der Waals surface area contributed by atoms with Crippen molar-refractivity contribution in [1.82, 2.24) is 4.90 Å². The molecule has 2 rings (SSSR count). The van der Waals surface area contributed by atoms with Crippen LogP contribution >= 0.6 is 0 Å². The van der Waals surface area contributed by atoms with Gasteiger partial charge in [0.15, 0.2) is 0 Å². The van der Waals surface area contributed by atoms with Crippen molar-refractivity contribution in [3.8, 4) is 0 Å². The zero-order valence-corrected chi connectivity index (χ0v) is 11.5. The summed E-state index contributed by atoms with van der Waals surface area (Å²) in [6.07, 6.45) is 1.95. The third-order valence-corrected chi connectivity index (χ3v) is 3.81. The van der Waals surface area contributed by atoms with E-state index >= 15 is 0 Å². The molecule has 0 bridgehead atoms. The monoisotopic (exact) mass is 247 g/mol. The van der Waals surface area contributed by atoms with Crippen LogP contribution in [-0.2, 0) is 6.54 Å². The number of benzene rings is 1. The molecule has 2 nitrogen and oxygen atoms in total. The summed E-state index contributed by atoms with van der Waals surface area (Å²) >= 11 is 0. The van der Waals surface area contributed by atoms with Gasteiger partial charge in [0.2, 0.25) is 0 Å². The van der Waals surface area contributed by atoms with Gasteiger partial charge in [-0.2, -0.15) is 0 Å². The summed E-state index contributed by atoms with van der Waals surface area (Å²) in [5.41, 5.74) is 1.37. The lowest BCUT2D eigenvalue weighted by atomic mass is 9.94. The predicted octanol–water partition coefficient (Wildman–Crippen LogP) is 2.92. The van der Waals surface area contributed by atoms with Gasteiger partial charge in [0.1, 0.15) is 0 Å². The van der Waals surface area contributed by atoms with Crippen LogP contribution in [0.5, 0.6) is 0 Å². The molecule has 0 spiro atoms. The number of likely N-dealkylation sites (tertiary alicyclic amines) is 1. The lowest BCUT2D eigenvalue weighted by molar-refractivity contribution is 0.0887. The van der Waals surface area contributed by atoms with Gasteiger partial charge in [-0.15, -0.1) is 0 Å². The molecule has 0 aromatic heterocycles. The Labute approximate surface area is 111 Å². The van der Waals surface area contributed by atoms with Gasteiger partial charge in [-0.25, -0.2) is 0 Å². The van der Waals surface area contributed by atoms with E-state index in [2.05, 4.69) is 49.1 Å². The van der Waals surface area contributed by atoms with Gasteiger partial charge in [-0.3, -0.25) is 4.90 Å². The molecule has 0 amide bonds. The molecule has 0 aliphatic carbocycles. The number of hydrogen-bond acceptors (Lipinski definition) is 2. The molecule has 2 atom stereocenters. The SMILES string of the molecule is CC(C)CC(O)C1CCN(Cc2ccccc2)C1. The molecule has 1 saturated heterocycles. The second-order valence-corrected chi connectivity index (χ2v) is 5.97. The average molecular weight is 247 g/mol. The quantitative estimate of drug-likeness (QED) is 0.865. The first-order valence-electron chi connectivity index (χ1n) is 7.09. The fourth-order valence-electron chi connectivity index (χ4n) is 2.84. The van der Waals surface area contributed by atoms with E-state index in [1.807, 2.05) is 0 Å². The highest BCUT2D eigenvalue weighted by Gasteiger charge is 2.28. The number of hydrogen-bond donors (Lipinski definition) is 1. The maximum absolute atomic E-state index is 10.2. The van der Waals surface area contributed by atoms with Crippen LogP contribution in [0.4, 0.5) is 0 Å². The number of aliphatic hydroxyl groups excluding tert-OH is 1. The molecule has 100 valence electrons. The van der Waals surface area contributed by atoms with E-state index in [1.165, 1.54) is 5.56 Å². The van der Waals surface area contributed by atoms with Crippen LogP contribution in [-0.4, -0.2) is 29.2 Å². The van der Waals surface area contributed by atoms with Crippen molar-refractivity contribution in [3.05, 3.63) is 35.9 Å². The van der Waals surface area contributed by atoms with E-state index in [4.69, 9.17) is 0 Å². The van der Waals surface area contributed by atoms with Crippen LogP contribution < -0.4 is 0 Å². The van der Waals surface area contributed by atoms with Crippen molar-refractivity contribution < 1.29 is 5.11 Å².